The van der Waals surface area contributed by atoms with Gasteiger partial charge in [-0.1, -0.05) is 12.1 Å². The third kappa shape index (κ3) is 4.55. The summed E-state index contributed by atoms with van der Waals surface area (Å²) in [5, 5.41) is 9.75. The predicted octanol–water partition coefficient (Wildman–Crippen LogP) is 4.18. The van der Waals surface area contributed by atoms with Crippen molar-refractivity contribution in [1.82, 2.24) is 0 Å². The topological polar surface area (TPSA) is 32.6 Å². The number of hydrogen-bond donors (Lipinski definition) is 1. The number of aliphatic imine (C=N–C) groups is 1. The van der Waals surface area contributed by atoms with Gasteiger partial charge in [-0.2, -0.15) is 0 Å². The van der Waals surface area contributed by atoms with Crippen LogP contribution in [0.5, 0.6) is 5.75 Å². The number of phenolic OH excluding ortho intramolecular Hbond substituents is 1. The maximum absolute atomic E-state index is 12.9. The van der Waals surface area contributed by atoms with Gasteiger partial charge in [-0.3, -0.25) is 4.99 Å². The average molecular weight is 310 g/mol. The zero-order valence-corrected chi connectivity index (χ0v) is 12.8. The van der Waals surface area contributed by atoms with Crippen molar-refractivity contribution >= 4 is 11.9 Å². The van der Waals surface area contributed by atoms with Crippen LogP contribution in [0, 0.1) is 26.0 Å². The van der Waals surface area contributed by atoms with Crippen LogP contribution in [0.3, 0.4) is 0 Å². The molecule has 0 saturated heterocycles. The largest absolute Gasteiger partial charge is 0.507 e. The second-order valence-electron chi connectivity index (χ2n) is 3.90. The fourth-order valence-electron chi connectivity index (χ4n) is 1.54. The molecule has 0 spiro atoms. The molecule has 2 nitrogen and oxygen atoms in total. The number of para-hydroxylation sites is 1. The zero-order valence-electron chi connectivity index (χ0n) is 11.2. The van der Waals surface area contributed by atoms with Gasteiger partial charge in [0, 0.05) is 39.6 Å². The minimum Gasteiger partial charge on any atom is -0.507 e. The molecule has 0 saturated carbocycles. The molecule has 0 aliphatic heterocycles. The third-order valence-corrected chi connectivity index (χ3v) is 2.47. The Balaban J connectivity index is 0.00000180. The Morgan fingerprint density at radius 1 is 1.10 bits per heavy atom. The summed E-state index contributed by atoms with van der Waals surface area (Å²) in [6, 6.07) is 8.21. The Hall–Kier alpha value is -1.52. The first-order valence-corrected chi connectivity index (χ1v) is 5.35. The Morgan fingerprint density at radius 3 is 2.30 bits per heavy atom. The molecule has 0 aliphatic carbocycles. The van der Waals surface area contributed by atoms with Gasteiger partial charge in [0.1, 0.15) is 17.4 Å². The maximum Gasteiger partial charge on any atom is 0.128 e. The van der Waals surface area contributed by atoms with Gasteiger partial charge in [-0.25, -0.2) is 8.78 Å². The molecule has 0 fully saturated rings. The summed E-state index contributed by atoms with van der Waals surface area (Å²) in [6.45, 7) is 1.76. The minimum absolute atomic E-state index is 0. The molecule has 5 heteroatoms. The molecule has 0 bridgehead atoms. The number of phenols is 1. The summed E-state index contributed by atoms with van der Waals surface area (Å²) in [4.78, 5) is 3.94. The number of rotatable bonds is 2. The molecular formula is C15H14F2NOTi-. The van der Waals surface area contributed by atoms with Crippen molar-refractivity contribution in [3.8, 4) is 5.75 Å². The van der Waals surface area contributed by atoms with Crippen molar-refractivity contribution < 1.29 is 35.6 Å². The van der Waals surface area contributed by atoms with E-state index in [-0.39, 0.29) is 40.6 Å². The normalized spacial score (nSPS) is 9.95. The van der Waals surface area contributed by atoms with Gasteiger partial charge in [0.05, 0.1) is 5.69 Å². The van der Waals surface area contributed by atoms with Gasteiger partial charge in [0.25, 0.3) is 0 Å². The number of halogens is 2. The standard InChI is InChI=1S/C14H11F2NO.CH3.Ti/c1-9-3-2-4-10(14(9)18)8-17-13-6-11(15)5-12(16)7-13;;/h2-8,18H,1H3;1H3;/q;-1;. The molecule has 2 rings (SSSR count). The van der Waals surface area contributed by atoms with E-state index in [0.717, 1.165) is 18.2 Å². The number of aryl methyl sites for hydroxylation is 1. The van der Waals surface area contributed by atoms with E-state index in [9.17, 15) is 13.9 Å². The predicted molar refractivity (Wildman–Crippen MR) is 72.9 cm³/mol. The molecule has 0 heterocycles. The van der Waals surface area contributed by atoms with E-state index < -0.39 is 11.6 Å². The summed E-state index contributed by atoms with van der Waals surface area (Å²) in [5.41, 5.74) is 1.37. The van der Waals surface area contributed by atoms with Crippen LogP contribution in [-0.4, -0.2) is 11.3 Å². The van der Waals surface area contributed by atoms with Gasteiger partial charge in [0.2, 0.25) is 0 Å². The SMILES string of the molecule is Cc1cccc(C=Nc2cc(F)cc(F)c2)c1O.[CH3-].[Ti]. The van der Waals surface area contributed by atoms with Gasteiger partial charge < -0.3 is 12.5 Å². The smallest absolute Gasteiger partial charge is 0.128 e. The summed E-state index contributed by atoms with van der Waals surface area (Å²) in [7, 11) is 0. The van der Waals surface area contributed by atoms with Crippen LogP contribution in [-0.2, 0) is 21.7 Å². The van der Waals surface area contributed by atoms with Crippen LogP contribution in [0.15, 0.2) is 41.4 Å². The molecule has 0 atom stereocenters. The minimum atomic E-state index is -0.685. The Bertz CT molecular complexity index is 595. The van der Waals surface area contributed by atoms with E-state index in [1.807, 2.05) is 0 Å². The monoisotopic (exact) mass is 310 g/mol. The van der Waals surface area contributed by atoms with Crippen molar-refractivity contribution in [2.75, 3.05) is 0 Å². The molecule has 1 N–H and O–H groups in total. The first-order valence-electron chi connectivity index (χ1n) is 5.35. The van der Waals surface area contributed by atoms with Crippen molar-refractivity contribution in [3.05, 3.63) is 66.6 Å². The van der Waals surface area contributed by atoms with E-state index in [1.54, 1.807) is 25.1 Å². The van der Waals surface area contributed by atoms with Crippen LogP contribution in [0.25, 0.3) is 0 Å². The number of aromatic hydroxyl groups is 1. The molecule has 0 unspecified atom stereocenters. The first kappa shape index (κ1) is 18.5. The second-order valence-corrected chi connectivity index (χ2v) is 3.90. The van der Waals surface area contributed by atoms with Crippen molar-refractivity contribution in [1.29, 1.82) is 0 Å². The Labute approximate surface area is 132 Å². The molecular weight excluding hydrogens is 296 g/mol. The van der Waals surface area contributed by atoms with Crippen LogP contribution in [0.2, 0.25) is 0 Å². The Kier molecular flexibility index (Phi) is 7.32. The number of hydrogen-bond acceptors (Lipinski definition) is 2. The molecule has 2 aromatic rings. The summed E-state index contributed by atoms with van der Waals surface area (Å²) in [5.74, 6) is -1.26. The molecule has 0 radical (unpaired) electrons. The molecule has 0 amide bonds. The molecule has 2 aromatic carbocycles. The van der Waals surface area contributed by atoms with E-state index in [1.165, 1.54) is 6.21 Å². The van der Waals surface area contributed by atoms with Crippen LogP contribution in [0.4, 0.5) is 14.5 Å². The maximum atomic E-state index is 12.9. The second kappa shape index (κ2) is 7.93. The summed E-state index contributed by atoms with van der Waals surface area (Å²) >= 11 is 0. The fourth-order valence-corrected chi connectivity index (χ4v) is 1.54. The molecule has 0 aliphatic rings. The van der Waals surface area contributed by atoms with Crippen LogP contribution in [0.1, 0.15) is 11.1 Å². The van der Waals surface area contributed by atoms with Crippen molar-refractivity contribution in [2.24, 2.45) is 4.99 Å². The Morgan fingerprint density at radius 2 is 1.70 bits per heavy atom. The molecule has 0 aromatic heterocycles. The first-order chi connectivity index (χ1) is 8.56. The van der Waals surface area contributed by atoms with Gasteiger partial charge in [-0.05, 0) is 30.7 Å². The van der Waals surface area contributed by atoms with Crippen molar-refractivity contribution in [2.45, 2.75) is 6.92 Å². The van der Waals surface area contributed by atoms with E-state index in [0.29, 0.717) is 11.1 Å². The van der Waals surface area contributed by atoms with Gasteiger partial charge >= 0.3 is 0 Å². The number of nitrogens with zero attached hydrogens (tertiary/aromatic N) is 1. The molecule has 20 heavy (non-hydrogen) atoms. The average Bonchev–Trinajstić information content (AvgIpc) is 2.30. The van der Waals surface area contributed by atoms with E-state index in [2.05, 4.69) is 4.99 Å². The van der Waals surface area contributed by atoms with Crippen LogP contribution >= 0.6 is 0 Å². The molecule has 104 valence electrons. The van der Waals surface area contributed by atoms with Gasteiger partial charge in [0.15, 0.2) is 0 Å². The quantitative estimate of drug-likeness (QED) is 0.504. The summed E-state index contributed by atoms with van der Waals surface area (Å²) in [6.07, 6.45) is 1.37. The fraction of sp³-hybridized carbons (Fsp3) is 0.0667. The van der Waals surface area contributed by atoms with E-state index in [4.69, 9.17) is 0 Å². The zero-order chi connectivity index (χ0) is 13.1. The number of benzene rings is 2. The van der Waals surface area contributed by atoms with E-state index >= 15 is 0 Å². The summed E-state index contributed by atoms with van der Waals surface area (Å²) < 4.78 is 25.9. The van der Waals surface area contributed by atoms with Crippen LogP contribution < -0.4 is 0 Å². The van der Waals surface area contributed by atoms with Gasteiger partial charge in [-0.15, -0.1) is 0 Å². The third-order valence-electron chi connectivity index (χ3n) is 2.47. The van der Waals surface area contributed by atoms with Crippen molar-refractivity contribution in [3.63, 3.8) is 0 Å².